The van der Waals surface area contributed by atoms with E-state index in [9.17, 15) is 9.59 Å². The molecule has 1 saturated carbocycles. The molecule has 2 aliphatic rings. The number of rotatable bonds is 1. The summed E-state index contributed by atoms with van der Waals surface area (Å²) in [7, 11) is 0. The van der Waals surface area contributed by atoms with Crippen LogP contribution < -0.4 is 5.32 Å². The van der Waals surface area contributed by atoms with E-state index in [-0.39, 0.29) is 29.9 Å². The molecule has 1 N–H and O–H groups in total. The van der Waals surface area contributed by atoms with Crippen LogP contribution in [0.3, 0.4) is 0 Å². The predicted octanol–water partition coefficient (Wildman–Crippen LogP) is 1.16. The number of amides is 2. The number of piperazine rings is 1. The standard InChI is InChI=1S/C13H22N2O2/c1-7-5-6-11(8(7)2)15-10(4)12(16)14-9(3)13(15)17/h7-11H,5-6H2,1-4H3,(H,14,16). The van der Waals surface area contributed by atoms with Crippen molar-refractivity contribution in [2.24, 2.45) is 11.8 Å². The Bertz CT molecular complexity index is 342. The van der Waals surface area contributed by atoms with Gasteiger partial charge in [0.1, 0.15) is 12.1 Å². The van der Waals surface area contributed by atoms with Crippen LogP contribution in [0.25, 0.3) is 0 Å². The van der Waals surface area contributed by atoms with E-state index in [1.807, 2.05) is 11.8 Å². The van der Waals surface area contributed by atoms with Gasteiger partial charge in [-0.05, 0) is 38.5 Å². The summed E-state index contributed by atoms with van der Waals surface area (Å²) >= 11 is 0. The largest absolute Gasteiger partial charge is 0.343 e. The maximum Gasteiger partial charge on any atom is 0.245 e. The number of nitrogens with one attached hydrogen (secondary N) is 1. The molecule has 0 aromatic carbocycles. The first-order chi connectivity index (χ1) is 7.93. The van der Waals surface area contributed by atoms with Crippen molar-refractivity contribution >= 4 is 11.8 Å². The molecule has 0 radical (unpaired) electrons. The molecule has 0 spiro atoms. The minimum Gasteiger partial charge on any atom is -0.343 e. The summed E-state index contributed by atoms with van der Waals surface area (Å²) in [6.07, 6.45) is 2.18. The summed E-state index contributed by atoms with van der Waals surface area (Å²) in [6.45, 7) is 8.02. The minimum absolute atomic E-state index is 0.0242. The van der Waals surface area contributed by atoms with Crippen molar-refractivity contribution in [3.05, 3.63) is 0 Å². The second-order valence-electron chi connectivity index (χ2n) is 5.63. The first-order valence-electron chi connectivity index (χ1n) is 6.56. The molecular weight excluding hydrogens is 216 g/mol. The molecule has 2 amide bonds. The molecule has 5 unspecified atom stereocenters. The van der Waals surface area contributed by atoms with Crippen LogP contribution in [0.2, 0.25) is 0 Å². The molecule has 1 aliphatic carbocycles. The van der Waals surface area contributed by atoms with Gasteiger partial charge in [0, 0.05) is 6.04 Å². The second-order valence-corrected chi connectivity index (χ2v) is 5.63. The van der Waals surface area contributed by atoms with Crippen LogP contribution in [-0.2, 0) is 9.59 Å². The average Bonchev–Trinajstić information content (AvgIpc) is 2.59. The van der Waals surface area contributed by atoms with E-state index in [2.05, 4.69) is 19.2 Å². The normalized spacial score (nSPS) is 42.8. The number of carbonyl (C=O) groups is 2. The Labute approximate surface area is 103 Å². The minimum atomic E-state index is -0.373. The van der Waals surface area contributed by atoms with Crippen LogP contribution in [0.15, 0.2) is 0 Å². The Kier molecular flexibility index (Phi) is 3.15. The summed E-state index contributed by atoms with van der Waals surface area (Å²) in [6, 6.07) is -0.459. The van der Waals surface area contributed by atoms with Crippen molar-refractivity contribution in [3.63, 3.8) is 0 Å². The summed E-state index contributed by atoms with van der Waals surface area (Å²) in [5.74, 6) is 1.17. The van der Waals surface area contributed by atoms with E-state index in [0.29, 0.717) is 11.8 Å². The maximum atomic E-state index is 12.2. The lowest BCUT2D eigenvalue weighted by molar-refractivity contribution is -0.151. The molecule has 17 heavy (non-hydrogen) atoms. The second kappa shape index (κ2) is 4.31. The van der Waals surface area contributed by atoms with Gasteiger partial charge in [0.15, 0.2) is 0 Å². The molecule has 0 aromatic heterocycles. The molecule has 2 fully saturated rings. The zero-order chi connectivity index (χ0) is 12.7. The van der Waals surface area contributed by atoms with Gasteiger partial charge in [-0.25, -0.2) is 0 Å². The molecule has 1 heterocycles. The van der Waals surface area contributed by atoms with Crippen molar-refractivity contribution in [1.82, 2.24) is 10.2 Å². The van der Waals surface area contributed by atoms with Crippen molar-refractivity contribution in [1.29, 1.82) is 0 Å². The fourth-order valence-corrected chi connectivity index (χ4v) is 3.12. The van der Waals surface area contributed by atoms with Crippen molar-refractivity contribution < 1.29 is 9.59 Å². The molecule has 5 atom stereocenters. The fourth-order valence-electron chi connectivity index (χ4n) is 3.12. The van der Waals surface area contributed by atoms with Crippen LogP contribution >= 0.6 is 0 Å². The zero-order valence-corrected chi connectivity index (χ0v) is 11.1. The van der Waals surface area contributed by atoms with Gasteiger partial charge >= 0.3 is 0 Å². The van der Waals surface area contributed by atoms with Crippen LogP contribution in [-0.4, -0.2) is 34.8 Å². The zero-order valence-electron chi connectivity index (χ0n) is 11.1. The lowest BCUT2D eigenvalue weighted by Crippen LogP contribution is -2.64. The van der Waals surface area contributed by atoms with Gasteiger partial charge < -0.3 is 10.2 Å². The fraction of sp³-hybridized carbons (Fsp3) is 0.846. The number of carbonyl (C=O) groups excluding carboxylic acids is 2. The van der Waals surface area contributed by atoms with Crippen molar-refractivity contribution in [2.45, 2.75) is 58.7 Å². The third kappa shape index (κ3) is 1.94. The van der Waals surface area contributed by atoms with Gasteiger partial charge in [0.05, 0.1) is 0 Å². The molecule has 1 saturated heterocycles. The Morgan fingerprint density at radius 1 is 1.12 bits per heavy atom. The third-order valence-corrected chi connectivity index (χ3v) is 4.56. The van der Waals surface area contributed by atoms with Gasteiger partial charge in [-0.3, -0.25) is 9.59 Å². The van der Waals surface area contributed by atoms with E-state index in [0.717, 1.165) is 12.8 Å². The monoisotopic (exact) mass is 238 g/mol. The Morgan fingerprint density at radius 2 is 1.76 bits per heavy atom. The van der Waals surface area contributed by atoms with Crippen LogP contribution in [0.5, 0.6) is 0 Å². The summed E-state index contributed by atoms with van der Waals surface area (Å²) in [5, 5.41) is 2.73. The summed E-state index contributed by atoms with van der Waals surface area (Å²) in [5.41, 5.74) is 0. The van der Waals surface area contributed by atoms with Crippen LogP contribution in [0.1, 0.15) is 40.5 Å². The maximum absolute atomic E-state index is 12.2. The highest BCUT2D eigenvalue weighted by atomic mass is 16.2. The molecule has 4 heteroatoms. The van der Waals surface area contributed by atoms with Gasteiger partial charge in [-0.2, -0.15) is 0 Å². The van der Waals surface area contributed by atoms with Gasteiger partial charge in [0.2, 0.25) is 11.8 Å². The van der Waals surface area contributed by atoms with Crippen molar-refractivity contribution in [2.75, 3.05) is 0 Å². The number of nitrogens with zero attached hydrogens (tertiary/aromatic N) is 1. The summed E-state index contributed by atoms with van der Waals surface area (Å²) < 4.78 is 0. The van der Waals surface area contributed by atoms with Crippen LogP contribution in [0.4, 0.5) is 0 Å². The van der Waals surface area contributed by atoms with E-state index < -0.39 is 0 Å². The van der Waals surface area contributed by atoms with Crippen molar-refractivity contribution in [3.8, 4) is 0 Å². The van der Waals surface area contributed by atoms with Crippen LogP contribution in [0, 0.1) is 11.8 Å². The van der Waals surface area contributed by atoms with Gasteiger partial charge in [0.25, 0.3) is 0 Å². The lowest BCUT2D eigenvalue weighted by atomic mass is 9.94. The lowest BCUT2D eigenvalue weighted by Gasteiger charge is -2.42. The van der Waals surface area contributed by atoms with Gasteiger partial charge in [-0.1, -0.05) is 13.8 Å². The number of hydrogen-bond donors (Lipinski definition) is 1. The highest BCUT2D eigenvalue weighted by Gasteiger charge is 2.44. The molecule has 2 rings (SSSR count). The first-order valence-corrected chi connectivity index (χ1v) is 6.56. The number of hydrogen-bond acceptors (Lipinski definition) is 2. The quantitative estimate of drug-likeness (QED) is 0.745. The SMILES string of the molecule is CC1NC(=O)C(C)N(C2CCC(C)C2C)C1=O. The van der Waals surface area contributed by atoms with Gasteiger partial charge in [-0.15, -0.1) is 0 Å². The Morgan fingerprint density at radius 3 is 2.29 bits per heavy atom. The first kappa shape index (κ1) is 12.4. The molecule has 1 aliphatic heterocycles. The smallest absolute Gasteiger partial charge is 0.245 e. The molecule has 4 nitrogen and oxygen atoms in total. The Balaban J connectivity index is 2.23. The molecular formula is C13H22N2O2. The molecule has 0 aromatic rings. The predicted molar refractivity (Wildman–Crippen MR) is 65.3 cm³/mol. The Hall–Kier alpha value is -1.06. The topological polar surface area (TPSA) is 49.4 Å². The molecule has 96 valence electrons. The van der Waals surface area contributed by atoms with E-state index in [1.54, 1.807) is 6.92 Å². The summed E-state index contributed by atoms with van der Waals surface area (Å²) in [4.78, 5) is 25.9. The van der Waals surface area contributed by atoms with E-state index >= 15 is 0 Å². The highest BCUT2D eigenvalue weighted by molar-refractivity contribution is 5.96. The highest BCUT2D eigenvalue weighted by Crippen LogP contribution is 2.36. The third-order valence-electron chi connectivity index (χ3n) is 4.56. The van der Waals surface area contributed by atoms with E-state index in [1.165, 1.54) is 0 Å². The average molecular weight is 238 g/mol. The van der Waals surface area contributed by atoms with E-state index in [4.69, 9.17) is 0 Å². The molecule has 0 bridgehead atoms.